The maximum atomic E-state index is 13.4. The number of fused-ring (bicyclic) bond motifs is 1. The molecular weight excluding hydrogens is 321 g/mol. The number of aliphatic hydroxyl groups is 1. The molecule has 3 nitrogen and oxygen atoms in total. The molecule has 1 aromatic rings. The van der Waals surface area contributed by atoms with E-state index in [0.29, 0.717) is 0 Å². The lowest BCUT2D eigenvalue weighted by molar-refractivity contribution is -0.144. The van der Waals surface area contributed by atoms with Crippen molar-refractivity contribution in [1.29, 1.82) is 0 Å². The normalized spacial score (nSPS) is 22.7. The first kappa shape index (κ1) is 17.0. The van der Waals surface area contributed by atoms with Crippen LogP contribution in [0.25, 0.3) is 0 Å². The Morgan fingerprint density at radius 3 is 2.36 bits per heavy atom. The minimum absolute atomic E-state index is 0.0455. The topological polar surface area (TPSA) is 38.1 Å². The standard InChI is InChI=1S/C12H13F7N2O/c13-6-2-3-7-8(9(6)22)10(12(17,18)19)20-21(7)5-1-4-11(14,15)16/h6,9,22H,1-5H2/t6-,9?/m0/s1. The molecule has 1 heterocycles. The van der Waals surface area contributed by atoms with Gasteiger partial charge in [0.15, 0.2) is 5.69 Å². The van der Waals surface area contributed by atoms with E-state index in [0.717, 1.165) is 4.68 Å². The monoisotopic (exact) mass is 334 g/mol. The number of hydrogen-bond acceptors (Lipinski definition) is 2. The first-order valence-electron chi connectivity index (χ1n) is 6.56. The van der Waals surface area contributed by atoms with Gasteiger partial charge in [0.2, 0.25) is 0 Å². The minimum Gasteiger partial charge on any atom is -0.385 e. The summed E-state index contributed by atoms with van der Waals surface area (Å²) in [6, 6.07) is 0. The fraction of sp³-hybridized carbons (Fsp3) is 0.750. The Bertz CT molecular complexity index is 535. The van der Waals surface area contributed by atoms with Crippen molar-refractivity contribution in [3.05, 3.63) is 17.0 Å². The van der Waals surface area contributed by atoms with Gasteiger partial charge in [0.1, 0.15) is 12.3 Å². The molecule has 0 radical (unpaired) electrons. The van der Waals surface area contributed by atoms with Gasteiger partial charge in [-0.2, -0.15) is 31.4 Å². The molecule has 0 aromatic carbocycles. The van der Waals surface area contributed by atoms with E-state index in [-0.39, 0.29) is 25.1 Å². The van der Waals surface area contributed by atoms with Gasteiger partial charge in [0.05, 0.1) is 0 Å². The van der Waals surface area contributed by atoms with Crippen LogP contribution in [0.2, 0.25) is 0 Å². The van der Waals surface area contributed by atoms with Crippen molar-refractivity contribution < 1.29 is 35.8 Å². The lowest BCUT2D eigenvalue weighted by Gasteiger charge is -2.23. The van der Waals surface area contributed by atoms with Gasteiger partial charge in [-0.1, -0.05) is 0 Å². The molecule has 0 saturated carbocycles. The van der Waals surface area contributed by atoms with Crippen LogP contribution < -0.4 is 0 Å². The van der Waals surface area contributed by atoms with Crippen LogP contribution in [0.3, 0.4) is 0 Å². The molecule has 0 aliphatic heterocycles. The zero-order valence-corrected chi connectivity index (χ0v) is 11.2. The first-order chi connectivity index (χ1) is 10.0. The number of aromatic nitrogens is 2. The highest BCUT2D eigenvalue weighted by Gasteiger charge is 2.44. The number of aliphatic hydroxyl groups excluding tert-OH is 1. The summed E-state index contributed by atoms with van der Waals surface area (Å²) in [4.78, 5) is 0. The highest BCUT2D eigenvalue weighted by molar-refractivity contribution is 5.34. The molecule has 22 heavy (non-hydrogen) atoms. The highest BCUT2D eigenvalue weighted by Crippen LogP contribution is 2.41. The van der Waals surface area contributed by atoms with Crippen molar-refractivity contribution in [1.82, 2.24) is 9.78 Å². The molecular formula is C12H13F7N2O. The van der Waals surface area contributed by atoms with E-state index in [1.807, 2.05) is 0 Å². The van der Waals surface area contributed by atoms with Crippen molar-refractivity contribution in [2.45, 2.75) is 56.9 Å². The summed E-state index contributed by atoms with van der Waals surface area (Å²) in [5.74, 6) is 0. The molecule has 2 atom stereocenters. The fourth-order valence-electron chi connectivity index (χ4n) is 2.52. The SMILES string of the molecule is OC1c2c(C(F)(F)F)nn(CCCC(F)(F)F)c2CC[C@@H]1F. The van der Waals surface area contributed by atoms with Crippen molar-refractivity contribution >= 4 is 0 Å². The van der Waals surface area contributed by atoms with Gasteiger partial charge in [-0.25, -0.2) is 4.39 Å². The quantitative estimate of drug-likeness (QED) is 0.859. The zero-order chi connectivity index (χ0) is 16.7. The number of hydrogen-bond donors (Lipinski definition) is 1. The Morgan fingerprint density at radius 1 is 1.18 bits per heavy atom. The van der Waals surface area contributed by atoms with E-state index in [9.17, 15) is 35.8 Å². The molecule has 1 N–H and O–H groups in total. The lowest BCUT2D eigenvalue weighted by Crippen LogP contribution is -2.24. The molecule has 126 valence electrons. The van der Waals surface area contributed by atoms with E-state index >= 15 is 0 Å². The Hall–Kier alpha value is -1.32. The van der Waals surface area contributed by atoms with E-state index in [4.69, 9.17) is 0 Å². The van der Waals surface area contributed by atoms with E-state index in [1.165, 1.54) is 0 Å². The smallest absolute Gasteiger partial charge is 0.385 e. The fourth-order valence-corrected chi connectivity index (χ4v) is 2.52. The van der Waals surface area contributed by atoms with Crippen LogP contribution in [0.1, 0.15) is 42.3 Å². The minimum atomic E-state index is -4.91. The predicted molar refractivity (Wildman–Crippen MR) is 60.7 cm³/mol. The van der Waals surface area contributed by atoms with Crippen molar-refractivity contribution in [2.24, 2.45) is 0 Å². The first-order valence-corrected chi connectivity index (χ1v) is 6.56. The summed E-state index contributed by atoms with van der Waals surface area (Å²) >= 11 is 0. The second-order valence-corrected chi connectivity index (χ2v) is 5.15. The summed E-state index contributed by atoms with van der Waals surface area (Å²) in [5.41, 5.74) is -2.13. The van der Waals surface area contributed by atoms with Crippen LogP contribution in [-0.2, 0) is 19.1 Å². The van der Waals surface area contributed by atoms with Gasteiger partial charge in [-0.05, 0) is 19.3 Å². The van der Waals surface area contributed by atoms with Gasteiger partial charge in [0, 0.05) is 24.2 Å². The van der Waals surface area contributed by atoms with Crippen LogP contribution in [-0.4, -0.2) is 27.2 Å². The number of halogens is 7. The molecule has 0 fully saturated rings. The van der Waals surface area contributed by atoms with E-state index in [2.05, 4.69) is 5.10 Å². The summed E-state index contributed by atoms with van der Waals surface area (Å²) < 4.78 is 89.3. The van der Waals surface area contributed by atoms with Gasteiger partial charge in [-0.15, -0.1) is 0 Å². The Morgan fingerprint density at radius 2 is 1.82 bits per heavy atom. The molecule has 0 bridgehead atoms. The van der Waals surface area contributed by atoms with Gasteiger partial charge in [-0.3, -0.25) is 4.68 Å². The molecule has 1 aromatic heterocycles. The second-order valence-electron chi connectivity index (χ2n) is 5.15. The number of aryl methyl sites for hydroxylation is 1. The van der Waals surface area contributed by atoms with Crippen molar-refractivity contribution in [2.75, 3.05) is 0 Å². The molecule has 1 unspecified atom stereocenters. The number of nitrogens with zero attached hydrogens (tertiary/aromatic N) is 2. The Labute approximate surface area is 120 Å². The molecule has 1 aliphatic carbocycles. The highest BCUT2D eigenvalue weighted by atomic mass is 19.4. The third-order valence-electron chi connectivity index (χ3n) is 3.49. The summed E-state index contributed by atoms with van der Waals surface area (Å²) in [7, 11) is 0. The van der Waals surface area contributed by atoms with E-state index < -0.39 is 48.7 Å². The van der Waals surface area contributed by atoms with Gasteiger partial charge in [0.25, 0.3) is 0 Å². The maximum Gasteiger partial charge on any atom is 0.435 e. The summed E-state index contributed by atoms with van der Waals surface area (Å²) in [5, 5.41) is 12.9. The van der Waals surface area contributed by atoms with Crippen LogP contribution in [0.15, 0.2) is 0 Å². The Balaban J connectivity index is 2.30. The van der Waals surface area contributed by atoms with Crippen LogP contribution in [0.4, 0.5) is 30.7 Å². The predicted octanol–water partition coefficient (Wildman–Crippen LogP) is 3.56. The number of alkyl halides is 7. The van der Waals surface area contributed by atoms with E-state index in [1.54, 1.807) is 0 Å². The van der Waals surface area contributed by atoms with Crippen LogP contribution in [0.5, 0.6) is 0 Å². The third-order valence-corrected chi connectivity index (χ3v) is 3.49. The lowest BCUT2D eigenvalue weighted by atomic mass is 9.91. The van der Waals surface area contributed by atoms with Crippen LogP contribution in [0, 0.1) is 0 Å². The molecule has 0 amide bonds. The zero-order valence-electron chi connectivity index (χ0n) is 11.2. The van der Waals surface area contributed by atoms with Gasteiger partial charge < -0.3 is 5.11 Å². The molecule has 0 saturated heterocycles. The average molecular weight is 334 g/mol. The molecule has 2 rings (SSSR count). The molecule has 1 aliphatic rings. The average Bonchev–Trinajstić information content (AvgIpc) is 2.72. The van der Waals surface area contributed by atoms with Gasteiger partial charge >= 0.3 is 12.4 Å². The Kier molecular flexibility index (Phi) is 4.42. The molecule has 10 heteroatoms. The summed E-state index contributed by atoms with van der Waals surface area (Å²) in [6.45, 7) is -0.373. The summed E-state index contributed by atoms with van der Waals surface area (Å²) in [6.07, 6.45) is -15.0. The second kappa shape index (κ2) is 5.71. The van der Waals surface area contributed by atoms with Crippen LogP contribution >= 0.6 is 0 Å². The third kappa shape index (κ3) is 3.53. The number of rotatable bonds is 3. The maximum absolute atomic E-state index is 13.4. The van der Waals surface area contributed by atoms with Crippen molar-refractivity contribution in [3.8, 4) is 0 Å². The largest absolute Gasteiger partial charge is 0.435 e. The molecule has 0 spiro atoms. The van der Waals surface area contributed by atoms with Crippen molar-refractivity contribution in [3.63, 3.8) is 0 Å².